The number of carbonyl (C=O) groups is 1. The minimum atomic E-state index is -1.52. The quantitative estimate of drug-likeness (QED) is 0.868. The first kappa shape index (κ1) is 16.3. The van der Waals surface area contributed by atoms with E-state index in [1.54, 1.807) is 24.4 Å². The van der Waals surface area contributed by atoms with Gasteiger partial charge in [-0.25, -0.2) is 4.39 Å². The highest BCUT2D eigenvalue weighted by Gasteiger charge is 2.32. The number of hydrogen-bond acceptors (Lipinski definition) is 4. The van der Waals surface area contributed by atoms with E-state index in [0.717, 1.165) is 0 Å². The highest BCUT2D eigenvalue weighted by Crippen LogP contribution is 2.16. The fourth-order valence-electron chi connectivity index (χ4n) is 2.75. The van der Waals surface area contributed by atoms with Crippen LogP contribution in [0.2, 0.25) is 0 Å². The molecule has 1 atom stereocenters. The number of amides is 1. The van der Waals surface area contributed by atoms with Crippen molar-refractivity contribution in [2.24, 2.45) is 0 Å². The second kappa shape index (κ2) is 6.52. The van der Waals surface area contributed by atoms with Crippen molar-refractivity contribution in [2.45, 2.75) is 12.6 Å². The Morgan fingerprint density at radius 1 is 1.33 bits per heavy atom. The number of alkyl halides is 1. The van der Waals surface area contributed by atoms with E-state index in [1.165, 1.54) is 17.9 Å². The molecule has 0 spiro atoms. The fourth-order valence-corrected chi connectivity index (χ4v) is 2.75. The number of carbonyl (C=O) groups excluding carboxylic acids is 1. The molecule has 3 rings (SSSR count). The molecular weight excluding hydrogens is 311 g/mol. The van der Waals surface area contributed by atoms with Crippen molar-refractivity contribution in [3.05, 3.63) is 52.4 Å². The summed E-state index contributed by atoms with van der Waals surface area (Å²) in [6, 6.07) is 8.47. The van der Waals surface area contributed by atoms with Crippen LogP contribution >= 0.6 is 0 Å². The Labute approximate surface area is 138 Å². The first-order chi connectivity index (χ1) is 11.5. The molecule has 6 nitrogen and oxygen atoms in total. The van der Waals surface area contributed by atoms with Crippen LogP contribution in [-0.4, -0.2) is 52.6 Å². The van der Waals surface area contributed by atoms with Gasteiger partial charge in [-0.1, -0.05) is 6.07 Å². The summed E-state index contributed by atoms with van der Waals surface area (Å²) in [5, 5.41) is 2.96. The maximum atomic E-state index is 14.3. The average Bonchev–Trinajstić information content (AvgIpc) is 2.75. The largest absolute Gasteiger partial charge is 0.334 e. The topological polar surface area (TPSA) is 78.1 Å². The number of aromatic nitrogens is 2. The molecule has 0 radical (unpaired) electrons. The third-order valence-corrected chi connectivity index (χ3v) is 3.94. The van der Waals surface area contributed by atoms with Crippen LogP contribution < -0.4 is 10.9 Å². The van der Waals surface area contributed by atoms with E-state index in [0.29, 0.717) is 24.5 Å². The van der Waals surface area contributed by atoms with Crippen molar-refractivity contribution in [3.63, 3.8) is 0 Å². The molecule has 7 heteroatoms. The summed E-state index contributed by atoms with van der Waals surface area (Å²) < 4.78 is 14.3. The number of H-pyrrole nitrogens is 1. The fraction of sp³-hybridized carbons (Fsp3) is 0.353. The third kappa shape index (κ3) is 3.51. The predicted octanol–water partition coefficient (Wildman–Crippen LogP) is 1.21. The summed E-state index contributed by atoms with van der Waals surface area (Å²) in [7, 11) is 0. The van der Waals surface area contributed by atoms with Crippen molar-refractivity contribution in [3.8, 4) is 11.4 Å². The molecule has 2 aromatic heterocycles. The number of nitrogens with one attached hydrogen (secondary N) is 2. The predicted molar refractivity (Wildman–Crippen MR) is 88.6 cm³/mol. The van der Waals surface area contributed by atoms with Crippen molar-refractivity contribution >= 4 is 5.91 Å². The summed E-state index contributed by atoms with van der Waals surface area (Å²) in [5.74, 6) is -0.462. The van der Waals surface area contributed by atoms with Gasteiger partial charge in [0.05, 0.1) is 17.9 Å². The lowest BCUT2D eigenvalue weighted by atomic mass is 10.1. The molecule has 2 N–H and O–H groups in total. The minimum Gasteiger partial charge on any atom is -0.334 e. The lowest BCUT2D eigenvalue weighted by molar-refractivity contribution is 0.0654. The van der Waals surface area contributed by atoms with Crippen molar-refractivity contribution < 1.29 is 9.18 Å². The third-order valence-electron chi connectivity index (χ3n) is 3.94. The maximum absolute atomic E-state index is 14.3. The molecule has 1 aliphatic heterocycles. The summed E-state index contributed by atoms with van der Waals surface area (Å²) in [5.41, 5.74) is -0.866. The molecule has 1 fully saturated rings. The smallest absolute Gasteiger partial charge is 0.261 e. The molecule has 2 aromatic rings. The number of pyridine rings is 2. The van der Waals surface area contributed by atoms with Crippen LogP contribution in [0.5, 0.6) is 0 Å². The monoisotopic (exact) mass is 330 g/mol. The molecule has 1 aliphatic rings. The zero-order chi connectivity index (χ0) is 17.2. The second-order valence-corrected chi connectivity index (χ2v) is 6.15. The van der Waals surface area contributed by atoms with Gasteiger partial charge in [0.2, 0.25) is 0 Å². The van der Waals surface area contributed by atoms with Crippen molar-refractivity contribution in [2.75, 3.05) is 26.2 Å². The van der Waals surface area contributed by atoms with E-state index < -0.39 is 17.1 Å². The van der Waals surface area contributed by atoms with Gasteiger partial charge in [0.15, 0.2) is 0 Å². The molecule has 24 heavy (non-hydrogen) atoms. The zero-order valence-electron chi connectivity index (χ0n) is 13.4. The Bertz CT molecular complexity index is 789. The molecule has 0 saturated carbocycles. The Morgan fingerprint density at radius 2 is 2.17 bits per heavy atom. The van der Waals surface area contributed by atoms with Crippen LogP contribution in [-0.2, 0) is 0 Å². The van der Waals surface area contributed by atoms with E-state index in [1.807, 2.05) is 6.07 Å². The zero-order valence-corrected chi connectivity index (χ0v) is 13.4. The van der Waals surface area contributed by atoms with Crippen molar-refractivity contribution in [1.82, 2.24) is 20.2 Å². The molecule has 0 aliphatic carbocycles. The van der Waals surface area contributed by atoms with Gasteiger partial charge < -0.3 is 15.2 Å². The van der Waals surface area contributed by atoms with E-state index in [-0.39, 0.29) is 18.7 Å². The number of nitrogens with zero attached hydrogens (tertiary/aromatic N) is 2. The SMILES string of the molecule is CC1(F)CNCCN(C(=O)c2ccc(-c3ccccn3)[nH]c2=O)C1. The Kier molecular flexibility index (Phi) is 4.44. The summed E-state index contributed by atoms with van der Waals surface area (Å²) in [6.07, 6.45) is 1.62. The highest BCUT2D eigenvalue weighted by atomic mass is 19.1. The van der Waals surface area contributed by atoms with Crippen LogP contribution in [0, 0.1) is 0 Å². The van der Waals surface area contributed by atoms with Gasteiger partial charge in [-0.3, -0.25) is 14.6 Å². The lowest BCUT2D eigenvalue weighted by Gasteiger charge is -2.25. The molecular formula is C17H19FN4O2. The molecule has 3 heterocycles. The Hall–Kier alpha value is -2.54. The van der Waals surface area contributed by atoms with Gasteiger partial charge >= 0.3 is 0 Å². The first-order valence-corrected chi connectivity index (χ1v) is 7.80. The maximum Gasteiger partial charge on any atom is 0.261 e. The van der Waals surface area contributed by atoms with Crippen LogP contribution in [0.15, 0.2) is 41.3 Å². The number of rotatable bonds is 2. The molecule has 1 unspecified atom stereocenters. The highest BCUT2D eigenvalue weighted by molar-refractivity contribution is 5.94. The molecule has 1 amide bonds. The van der Waals surface area contributed by atoms with Gasteiger partial charge in [0.25, 0.3) is 11.5 Å². The van der Waals surface area contributed by atoms with Gasteiger partial charge in [0, 0.05) is 25.8 Å². The molecule has 0 aromatic carbocycles. The first-order valence-electron chi connectivity index (χ1n) is 7.80. The van der Waals surface area contributed by atoms with Gasteiger partial charge in [0.1, 0.15) is 11.2 Å². The number of halogens is 1. The van der Waals surface area contributed by atoms with E-state index in [9.17, 15) is 14.0 Å². The second-order valence-electron chi connectivity index (χ2n) is 6.15. The van der Waals surface area contributed by atoms with Gasteiger partial charge in [-0.2, -0.15) is 0 Å². The van der Waals surface area contributed by atoms with Crippen LogP contribution in [0.1, 0.15) is 17.3 Å². The normalized spacial score (nSPS) is 21.3. The molecule has 1 saturated heterocycles. The number of aromatic amines is 1. The van der Waals surface area contributed by atoms with E-state index >= 15 is 0 Å². The van der Waals surface area contributed by atoms with E-state index in [2.05, 4.69) is 15.3 Å². The van der Waals surface area contributed by atoms with Crippen LogP contribution in [0.4, 0.5) is 4.39 Å². The average molecular weight is 330 g/mol. The Morgan fingerprint density at radius 3 is 2.88 bits per heavy atom. The summed E-state index contributed by atoms with van der Waals surface area (Å²) >= 11 is 0. The molecule has 0 bridgehead atoms. The standard InChI is InChI=1S/C17H19FN4O2/c1-17(18)10-19-8-9-22(11-17)16(24)12-5-6-14(21-15(12)23)13-4-2-3-7-20-13/h2-7,19H,8-11H2,1H3,(H,21,23). The number of hydrogen-bond donors (Lipinski definition) is 2. The summed E-state index contributed by atoms with van der Waals surface area (Å²) in [4.78, 5) is 33.1. The van der Waals surface area contributed by atoms with Crippen molar-refractivity contribution in [1.29, 1.82) is 0 Å². The Balaban J connectivity index is 1.87. The van der Waals surface area contributed by atoms with Crippen LogP contribution in [0.25, 0.3) is 11.4 Å². The van der Waals surface area contributed by atoms with Gasteiger partial charge in [-0.05, 0) is 31.2 Å². The molecule has 126 valence electrons. The van der Waals surface area contributed by atoms with Gasteiger partial charge in [-0.15, -0.1) is 0 Å². The summed E-state index contributed by atoms with van der Waals surface area (Å²) in [6.45, 7) is 2.45. The van der Waals surface area contributed by atoms with Crippen LogP contribution in [0.3, 0.4) is 0 Å². The lowest BCUT2D eigenvalue weighted by Crippen LogP contribution is -2.43. The van der Waals surface area contributed by atoms with E-state index in [4.69, 9.17) is 0 Å². The minimum absolute atomic E-state index is 0.00683.